The number of benzene rings is 1. The van der Waals surface area contributed by atoms with Gasteiger partial charge in [0.1, 0.15) is 4.60 Å². The van der Waals surface area contributed by atoms with Crippen LogP contribution in [0.4, 0.5) is 0 Å². The van der Waals surface area contributed by atoms with Crippen molar-refractivity contribution in [3.05, 3.63) is 69.3 Å². The zero-order valence-corrected chi connectivity index (χ0v) is 11.5. The summed E-state index contributed by atoms with van der Waals surface area (Å²) in [6.45, 7) is 0.413. The molecule has 0 saturated heterocycles. The van der Waals surface area contributed by atoms with E-state index in [1.54, 1.807) is 12.4 Å². The van der Waals surface area contributed by atoms with Gasteiger partial charge in [-0.05, 0) is 33.6 Å². The van der Waals surface area contributed by atoms with Crippen LogP contribution >= 0.6 is 15.9 Å². The standard InChI is InChI=1S/C14H10BrN3O/c15-13-11-5-1-2-6-12(11)14(19)18(17-13)9-10-4-3-7-16-8-10/h1-8H,9H2. The molecule has 3 aromatic rings. The molecule has 0 unspecified atom stereocenters. The second-order valence-electron chi connectivity index (χ2n) is 4.16. The summed E-state index contributed by atoms with van der Waals surface area (Å²) in [4.78, 5) is 16.4. The molecule has 0 radical (unpaired) electrons. The van der Waals surface area contributed by atoms with Gasteiger partial charge >= 0.3 is 0 Å². The van der Waals surface area contributed by atoms with Crippen LogP contribution in [0.15, 0.2) is 58.2 Å². The highest BCUT2D eigenvalue weighted by molar-refractivity contribution is 9.10. The third kappa shape index (κ3) is 2.29. The molecule has 5 heteroatoms. The van der Waals surface area contributed by atoms with Crippen LogP contribution in [-0.4, -0.2) is 14.8 Å². The zero-order valence-electron chi connectivity index (χ0n) is 9.95. The number of pyridine rings is 1. The van der Waals surface area contributed by atoms with Crippen LogP contribution in [-0.2, 0) is 6.54 Å². The van der Waals surface area contributed by atoms with Crippen molar-refractivity contribution in [3.63, 3.8) is 0 Å². The number of halogens is 1. The van der Waals surface area contributed by atoms with Crippen molar-refractivity contribution in [2.45, 2.75) is 6.54 Å². The summed E-state index contributed by atoms with van der Waals surface area (Å²) in [6, 6.07) is 11.2. The molecule has 0 bridgehead atoms. The molecule has 4 nitrogen and oxygen atoms in total. The fourth-order valence-corrected chi connectivity index (χ4v) is 2.50. The fourth-order valence-electron chi connectivity index (χ4n) is 1.97. The SMILES string of the molecule is O=c1c2ccccc2c(Br)nn1Cc1cccnc1. The van der Waals surface area contributed by atoms with Gasteiger partial charge in [-0.25, -0.2) is 4.68 Å². The van der Waals surface area contributed by atoms with Gasteiger partial charge < -0.3 is 0 Å². The van der Waals surface area contributed by atoms with Gasteiger partial charge in [-0.3, -0.25) is 9.78 Å². The molecule has 0 spiro atoms. The summed E-state index contributed by atoms with van der Waals surface area (Å²) in [5.74, 6) is 0. The predicted octanol–water partition coefficient (Wildman–Crippen LogP) is 2.60. The van der Waals surface area contributed by atoms with Crippen molar-refractivity contribution < 1.29 is 0 Å². The van der Waals surface area contributed by atoms with Crippen molar-refractivity contribution in [1.29, 1.82) is 0 Å². The van der Waals surface area contributed by atoms with E-state index in [9.17, 15) is 4.79 Å². The Kier molecular flexibility index (Phi) is 3.13. The minimum atomic E-state index is -0.0948. The van der Waals surface area contributed by atoms with Gasteiger partial charge in [0, 0.05) is 17.8 Å². The van der Waals surface area contributed by atoms with Crippen molar-refractivity contribution in [2.75, 3.05) is 0 Å². The Balaban J connectivity index is 2.15. The zero-order chi connectivity index (χ0) is 13.2. The molecule has 0 aliphatic carbocycles. The summed E-state index contributed by atoms with van der Waals surface area (Å²) < 4.78 is 2.12. The highest BCUT2D eigenvalue weighted by atomic mass is 79.9. The Bertz CT molecular complexity index is 784. The van der Waals surface area contributed by atoms with E-state index in [1.807, 2.05) is 36.4 Å². The molecule has 94 valence electrons. The van der Waals surface area contributed by atoms with E-state index in [2.05, 4.69) is 26.0 Å². The van der Waals surface area contributed by atoms with Crippen molar-refractivity contribution >= 4 is 26.7 Å². The highest BCUT2D eigenvalue weighted by Crippen LogP contribution is 2.18. The maximum atomic E-state index is 12.3. The van der Waals surface area contributed by atoms with Crippen molar-refractivity contribution in [2.24, 2.45) is 0 Å². The maximum absolute atomic E-state index is 12.3. The van der Waals surface area contributed by atoms with E-state index < -0.39 is 0 Å². The van der Waals surface area contributed by atoms with Crippen molar-refractivity contribution in [1.82, 2.24) is 14.8 Å². The third-order valence-corrected chi connectivity index (χ3v) is 3.46. The summed E-state index contributed by atoms with van der Waals surface area (Å²) >= 11 is 3.41. The van der Waals surface area contributed by atoms with Crippen LogP contribution in [0.3, 0.4) is 0 Å². The molecular formula is C14H10BrN3O. The van der Waals surface area contributed by atoms with Crippen LogP contribution in [0.25, 0.3) is 10.8 Å². The van der Waals surface area contributed by atoms with E-state index in [-0.39, 0.29) is 5.56 Å². The van der Waals surface area contributed by atoms with Gasteiger partial charge in [0.2, 0.25) is 0 Å². The molecule has 0 amide bonds. The fraction of sp³-hybridized carbons (Fsp3) is 0.0714. The first kappa shape index (κ1) is 12.0. The molecule has 0 fully saturated rings. The smallest absolute Gasteiger partial charge is 0.267 e. The molecule has 2 heterocycles. The van der Waals surface area contributed by atoms with Crippen LogP contribution in [0.1, 0.15) is 5.56 Å². The number of fused-ring (bicyclic) bond motifs is 1. The van der Waals surface area contributed by atoms with Gasteiger partial charge in [-0.1, -0.05) is 24.3 Å². The predicted molar refractivity (Wildman–Crippen MR) is 77.0 cm³/mol. The number of hydrogen-bond donors (Lipinski definition) is 0. The van der Waals surface area contributed by atoms with Crippen LogP contribution in [0, 0.1) is 0 Å². The lowest BCUT2D eigenvalue weighted by atomic mass is 10.2. The molecule has 19 heavy (non-hydrogen) atoms. The van der Waals surface area contributed by atoms with Gasteiger partial charge in [0.15, 0.2) is 0 Å². The first-order chi connectivity index (χ1) is 9.25. The summed E-state index contributed by atoms with van der Waals surface area (Å²) in [6.07, 6.45) is 3.44. The average Bonchev–Trinajstić information content (AvgIpc) is 2.46. The van der Waals surface area contributed by atoms with Crippen LogP contribution in [0.5, 0.6) is 0 Å². The van der Waals surface area contributed by atoms with Gasteiger partial charge in [-0.2, -0.15) is 5.10 Å². The van der Waals surface area contributed by atoms with E-state index in [0.29, 0.717) is 16.5 Å². The lowest BCUT2D eigenvalue weighted by Gasteiger charge is -2.07. The monoisotopic (exact) mass is 315 g/mol. The summed E-state index contributed by atoms with van der Waals surface area (Å²) in [5, 5.41) is 5.78. The molecule has 0 atom stereocenters. The molecule has 3 rings (SSSR count). The lowest BCUT2D eigenvalue weighted by molar-refractivity contribution is 0.639. The molecule has 0 aliphatic heterocycles. The second kappa shape index (κ2) is 4.93. The first-order valence-corrected chi connectivity index (χ1v) is 6.59. The van der Waals surface area contributed by atoms with Gasteiger partial charge in [0.05, 0.1) is 11.9 Å². The summed E-state index contributed by atoms with van der Waals surface area (Å²) in [7, 11) is 0. The molecule has 0 aliphatic rings. The molecule has 2 aromatic heterocycles. The minimum Gasteiger partial charge on any atom is -0.267 e. The quantitative estimate of drug-likeness (QED) is 0.730. The van der Waals surface area contributed by atoms with Crippen molar-refractivity contribution in [3.8, 4) is 0 Å². The average molecular weight is 316 g/mol. The van der Waals surface area contributed by atoms with E-state index in [4.69, 9.17) is 0 Å². The number of hydrogen-bond acceptors (Lipinski definition) is 3. The Morgan fingerprint density at radius 2 is 1.89 bits per heavy atom. The Hall–Kier alpha value is -2.01. The third-order valence-electron chi connectivity index (χ3n) is 2.88. The van der Waals surface area contributed by atoms with E-state index in [1.165, 1.54) is 4.68 Å². The molecule has 0 N–H and O–H groups in total. The Morgan fingerprint density at radius 1 is 1.11 bits per heavy atom. The molecule has 0 saturated carbocycles. The Labute approximate surface area is 117 Å². The van der Waals surface area contributed by atoms with E-state index in [0.717, 1.165) is 10.9 Å². The topological polar surface area (TPSA) is 47.8 Å². The van der Waals surface area contributed by atoms with E-state index >= 15 is 0 Å². The first-order valence-electron chi connectivity index (χ1n) is 5.80. The largest absolute Gasteiger partial charge is 0.275 e. The normalized spacial score (nSPS) is 10.8. The molecule has 1 aromatic carbocycles. The highest BCUT2D eigenvalue weighted by Gasteiger charge is 2.08. The van der Waals surface area contributed by atoms with Crippen LogP contribution in [0.2, 0.25) is 0 Å². The number of aromatic nitrogens is 3. The lowest BCUT2D eigenvalue weighted by Crippen LogP contribution is -2.24. The maximum Gasteiger partial charge on any atom is 0.275 e. The molecular weight excluding hydrogens is 306 g/mol. The minimum absolute atomic E-state index is 0.0948. The van der Waals surface area contributed by atoms with Crippen LogP contribution < -0.4 is 5.56 Å². The summed E-state index contributed by atoms with van der Waals surface area (Å²) in [5.41, 5.74) is 0.849. The second-order valence-corrected chi connectivity index (χ2v) is 4.91. The number of rotatable bonds is 2. The van der Waals surface area contributed by atoms with Gasteiger partial charge in [0.25, 0.3) is 5.56 Å². The van der Waals surface area contributed by atoms with Gasteiger partial charge in [-0.15, -0.1) is 0 Å². The number of nitrogens with zero attached hydrogens (tertiary/aromatic N) is 3. The Morgan fingerprint density at radius 3 is 2.63 bits per heavy atom.